The summed E-state index contributed by atoms with van der Waals surface area (Å²) in [5, 5.41) is 0. The molecule has 23 heavy (non-hydrogen) atoms. The normalized spacial score (nSPS) is 12.7. The molecular formula is C19H30O4. The van der Waals surface area contributed by atoms with E-state index in [4.69, 9.17) is 18.9 Å². The highest BCUT2D eigenvalue weighted by Crippen LogP contribution is 2.32. The van der Waals surface area contributed by atoms with E-state index in [2.05, 4.69) is 6.92 Å². The van der Waals surface area contributed by atoms with Crippen LogP contribution in [0.5, 0.6) is 11.5 Å². The Labute approximate surface area is 140 Å². The van der Waals surface area contributed by atoms with Crippen molar-refractivity contribution in [1.82, 2.24) is 0 Å². The zero-order valence-electron chi connectivity index (χ0n) is 14.4. The Kier molecular flexibility index (Phi) is 8.89. The van der Waals surface area contributed by atoms with Crippen molar-refractivity contribution in [3.8, 4) is 11.5 Å². The minimum absolute atomic E-state index is 0.323. The maximum absolute atomic E-state index is 5.73. The van der Waals surface area contributed by atoms with Crippen molar-refractivity contribution in [2.24, 2.45) is 0 Å². The Bertz CT molecular complexity index is 433. The van der Waals surface area contributed by atoms with Crippen LogP contribution in [0.3, 0.4) is 0 Å². The number of unbranched alkanes of at least 4 members (excludes halogenated alkanes) is 5. The Morgan fingerprint density at radius 3 is 2.35 bits per heavy atom. The molecule has 0 N–H and O–H groups in total. The third-order valence-corrected chi connectivity index (χ3v) is 3.93. The quantitative estimate of drug-likeness (QED) is 0.493. The monoisotopic (exact) mass is 322 g/mol. The molecule has 0 saturated carbocycles. The predicted octanol–water partition coefficient (Wildman–Crippen LogP) is 4.70. The van der Waals surface area contributed by atoms with Crippen molar-refractivity contribution < 1.29 is 18.9 Å². The molecule has 0 bridgehead atoms. The smallest absolute Gasteiger partial charge is 0.231 e. The highest BCUT2D eigenvalue weighted by atomic mass is 16.7. The number of fused-ring (bicyclic) bond motifs is 1. The van der Waals surface area contributed by atoms with Crippen LogP contribution in [0.1, 0.15) is 57.4 Å². The van der Waals surface area contributed by atoms with Crippen LogP contribution >= 0.6 is 0 Å². The standard InChI is InChI=1S/C19H30O4/c1-2-3-11-20-12-7-5-4-6-8-13-21-15-17-9-10-18-19(14-17)23-16-22-18/h9-10,14H,2-8,11-13,15-16H2,1H3. The Morgan fingerprint density at radius 1 is 0.826 bits per heavy atom. The van der Waals surface area contributed by atoms with E-state index >= 15 is 0 Å². The van der Waals surface area contributed by atoms with Crippen LogP contribution in [-0.4, -0.2) is 26.6 Å². The van der Waals surface area contributed by atoms with Gasteiger partial charge in [-0.2, -0.15) is 0 Å². The number of ether oxygens (including phenoxy) is 4. The molecule has 130 valence electrons. The number of hydrogen-bond acceptors (Lipinski definition) is 4. The second-order valence-electron chi connectivity index (χ2n) is 5.97. The maximum Gasteiger partial charge on any atom is 0.231 e. The summed E-state index contributed by atoms with van der Waals surface area (Å²) < 4.78 is 21.9. The predicted molar refractivity (Wildman–Crippen MR) is 91.0 cm³/mol. The van der Waals surface area contributed by atoms with Gasteiger partial charge >= 0.3 is 0 Å². The zero-order chi connectivity index (χ0) is 16.2. The molecule has 4 nitrogen and oxygen atoms in total. The van der Waals surface area contributed by atoms with Gasteiger partial charge in [0.2, 0.25) is 6.79 Å². The van der Waals surface area contributed by atoms with E-state index < -0.39 is 0 Å². The maximum atomic E-state index is 5.73. The molecule has 0 saturated heterocycles. The minimum Gasteiger partial charge on any atom is -0.454 e. The number of benzene rings is 1. The summed E-state index contributed by atoms with van der Waals surface area (Å²) in [6.45, 7) is 5.81. The highest BCUT2D eigenvalue weighted by molar-refractivity contribution is 5.44. The number of hydrogen-bond donors (Lipinski definition) is 0. The van der Waals surface area contributed by atoms with Gasteiger partial charge in [0.1, 0.15) is 0 Å². The number of rotatable bonds is 13. The molecule has 0 spiro atoms. The molecule has 0 unspecified atom stereocenters. The molecule has 2 rings (SSSR count). The van der Waals surface area contributed by atoms with Crippen molar-refractivity contribution in [3.05, 3.63) is 23.8 Å². The lowest BCUT2D eigenvalue weighted by atomic mass is 10.1. The molecule has 0 amide bonds. The molecule has 4 heteroatoms. The fourth-order valence-corrected chi connectivity index (χ4v) is 2.51. The first-order valence-corrected chi connectivity index (χ1v) is 8.94. The van der Waals surface area contributed by atoms with Crippen molar-refractivity contribution in [2.45, 2.75) is 58.5 Å². The van der Waals surface area contributed by atoms with Crippen LogP contribution in [0.2, 0.25) is 0 Å². The van der Waals surface area contributed by atoms with Crippen LogP contribution in [0.4, 0.5) is 0 Å². The zero-order valence-corrected chi connectivity index (χ0v) is 14.4. The van der Waals surface area contributed by atoms with Gasteiger partial charge in [0, 0.05) is 19.8 Å². The van der Waals surface area contributed by atoms with Gasteiger partial charge < -0.3 is 18.9 Å². The van der Waals surface area contributed by atoms with E-state index in [0.29, 0.717) is 13.4 Å². The summed E-state index contributed by atoms with van der Waals surface area (Å²) in [6.07, 6.45) is 8.46. The van der Waals surface area contributed by atoms with Crippen molar-refractivity contribution in [1.29, 1.82) is 0 Å². The molecule has 1 aromatic carbocycles. The Balaban J connectivity index is 1.40. The van der Waals surface area contributed by atoms with E-state index in [1.807, 2.05) is 18.2 Å². The lowest BCUT2D eigenvalue weighted by Gasteiger charge is -2.06. The molecule has 0 atom stereocenters. The van der Waals surface area contributed by atoms with Gasteiger partial charge in [-0.15, -0.1) is 0 Å². The fraction of sp³-hybridized carbons (Fsp3) is 0.684. The van der Waals surface area contributed by atoms with Gasteiger partial charge in [-0.05, 0) is 37.0 Å². The van der Waals surface area contributed by atoms with Gasteiger partial charge in [0.25, 0.3) is 0 Å². The largest absolute Gasteiger partial charge is 0.454 e. The SMILES string of the molecule is CCCCOCCCCCCCOCc1ccc2c(c1)OCO2. The van der Waals surface area contributed by atoms with Crippen molar-refractivity contribution in [3.63, 3.8) is 0 Å². The summed E-state index contributed by atoms with van der Waals surface area (Å²) in [4.78, 5) is 0. The van der Waals surface area contributed by atoms with E-state index in [1.165, 1.54) is 38.5 Å². The first-order chi connectivity index (χ1) is 11.4. The average molecular weight is 322 g/mol. The topological polar surface area (TPSA) is 36.9 Å². The summed E-state index contributed by atoms with van der Waals surface area (Å²) in [5.74, 6) is 1.65. The van der Waals surface area contributed by atoms with Gasteiger partial charge in [-0.1, -0.05) is 38.7 Å². The van der Waals surface area contributed by atoms with Gasteiger partial charge in [-0.25, -0.2) is 0 Å². The molecule has 1 aliphatic rings. The van der Waals surface area contributed by atoms with Crippen molar-refractivity contribution >= 4 is 0 Å². The molecule has 1 heterocycles. The summed E-state index contributed by atoms with van der Waals surface area (Å²) in [5.41, 5.74) is 1.14. The summed E-state index contributed by atoms with van der Waals surface area (Å²) >= 11 is 0. The lowest BCUT2D eigenvalue weighted by Crippen LogP contribution is -1.97. The Hall–Kier alpha value is -1.26. The summed E-state index contributed by atoms with van der Waals surface area (Å²) in [7, 11) is 0. The average Bonchev–Trinajstić information content (AvgIpc) is 3.03. The van der Waals surface area contributed by atoms with Crippen LogP contribution in [0.25, 0.3) is 0 Å². The van der Waals surface area contributed by atoms with E-state index in [-0.39, 0.29) is 0 Å². The Morgan fingerprint density at radius 2 is 1.52 bits per heavy atom. The molecule has 0 fully saturated rings. The third kappa shape index (κ3) is 7.23. The molecule has 0 radical (unpaired) electrons. The van der Waals surface area contributed by atoms with Gasteiger partial charge in [0.05, 0.1) is 6.61 Å². The molecule has 0 aliphatic carbocycles. The lowest BCUT2D eigenvalue weighted by molar-refractivity contribution is 0.115. The summed E-state index contributed by atoms with van der Waals surface area (Å²) in [6, 6.07) is 5.98. The molecule has 1 aromatic rings. The third-order valence-electron chi connectivity index (χ3n) is 3.93. The molecular weight excluding hydrogens is 292 g/mol. The van der Waals surface area contributed by atoms with Crippen LogP contribution < -0.4 is 9.47 Å². The minimum atomic E-state index is 0.323. The second kappa shape index (κ2) is 11.3. The molecule has 1 aliphatic heterocycles. The van der Waals surface area contributed by atoms with Crippen LogP contribution in [0, 0.1) is 0 Å². The van der Waals surface area contributed by atoms with Crippen LogP contribution in [0.15, 0.2) is 18.2 Å². The molecule has 0 aromatic heterocycles. The van der Waals surface area contributed by atoms with E-state index in [9.17, 15) is 0 Å². The van der Waals surface area contributed by atoms with Gasteiger partial charge in [0.15, 0.2) is 11.5 Å². The van der Waals surface area contributed by atoms with Crippen LogP contribution in [-0.2, 0) is 16.1 Å². The van der Waals surface area contributed by atoms with Crippen molar-refractivity contribution in [2.75, 3.05) is 26.6 Å². The highest BCUT2D eigenvalue weighted by Gasteiger charge is 2.12. The van der Waals surface area contributed by atoms with E-state index in [0.717, 1.165) is 43.3 Å². The van der Waals surface area contributed by atoms with Gasteiger partial charge in [-0.3, -0.25) is 0 Å². The first kappa shape index (κ1) is 18.1. The first-order valence-electron chi connectivity index (χ1n) is 8.94. The second-order valence-corrected chi connectivity index (χ2v) is 5.97. The fourth-order valence-electron chi connectivity index (χ4n) is 2.51. The van der Waals surface area contributed by atoms with E-state index in [1.54, 1.807) is 0 Å².